The smallest absolute Gasteiger partial charge is 0.307 e. The third kappa shape index (κ3) is 15.3. The van der Waals surface area contributed by atoms with Crippen molar-refractivity contribution in [3.8, 4) is 0 Å². The zero-order chi connectivity index (χ0) is 31.6. The summed E-state index contributed by atoms with van der Waals surface area (Å²) in [5.41, 5.74) is -0.467. The van der Waals surface area contributed by atoms with Crippen LogP contribution in [-0.4, -0.2) is 66.9 Å². The van der Waals surface area contributed by atoms with Gasteiger partial charge in [-0.2, -0.15) is 0 Å². The van der Waals surface area contributed by atoms with Gasteiger partial charge in [-0.05, 0) is 33.1 Å². The van der Waals surface area contributed by atoms with Crippen molar-refractivity contribution in [2.24, 2.45) is 5.41 Å². The van der Waals surface area contributed by atoms with Crippen LogP contribution >= 0.6 is 0 Å². The second-order valence-corrected chi connectivity index (χ2v) is 14.0. The number of hydrogen-bond donors (Lipinski definition) is 1. The standard InChI is InChI=1S/C35H64N2O6/c1-6-7-8-9-10-11-12-13-14-15-16-17-18-19-20-23-30(38)37-26-21-22-29(37)27-41-31(39)24-25-36-33(40)32-34(2,3)28-42-35(4,5)43-32/h29,32H,6-28H2,1-5H3,(H,36,40)/t29-,32?/m0/s1. The molecule has 250 valence electrons. The summed E-state index contributed by atoms with van der Waals surface area (Å²) < 4.78 is 17.0. The number of carbonyl (C=O) groups is 3. The van der Waals surface area contributed by atoms with Crippen LogP contribution in [0.3, 0.4) is 0 Å². The van der Waals surface area contributed by atoms with E-state index in [-0.39, 0.29) is 43.4 Å². The topological polar surface area (TPSA) is 94.2 Å². The molecule has 1 unspecified atom stereocenters. The molecule has 0 saturated carbocycles. The van der Waals surface area contributed by atoms with Crippen LogP contribution in [-0.2, 0) is 28.6 Å². The number of ether oxygens (including phenoxy) is 3. The Balaban J connectivity index is 1.49. The minimum atomic E-state index is -0.826. The van der Waals surface area contributed by atoms with Crippen LogP contribution in [0.5, 0.6) is 0 Å². The third-order valence-electron chi connectivity index (χ3n) is 8.90. The van der Waals surface area contributed by atoms with Crippen molar-refractivity contribution in [3.05, 3.63) is 0 Å². The van der Waals surface area contributed by atoms with Gasteiger partial charge in [-0.25, -0.2) is 0 Å². The van der Waals surface area contributed by atoms with Crippen molar-refractivity contribution in [2.45, 2.75) is 175 Å². The van der Waals surface area contributed by atoms with Crippen LogP contribution in [0.4, 0.5) is 0 Å². The highest BCUT2D eigenvalue weighted by molar-refractivity contribution is 5.82. The van der Waals surface area contributed by atoms with Gasteiger partial charge in [-0.1, -0.05) is 111 Å². The molecule has 8 nitrogen and oxygen atoms in total. The van der Waals surface area contributed by atoms with Gasteiger partial charge in [-0.3, -0.25) is 14.4 Å². The second kappa shape index (κ2) is 20.4. The maximum absolute atomic E-state index is 12.8. The molecule has 0 spiro atoms. The number of rotatable bonds is 22. The summed E-state index contributed by atoms with van der Waals surface area (Å²) in [4.78, 5) is 39.8. The van der Waals surface area contributed by atoms with Gasteiger partial charge in [0.05, 0.1) is 19.1 Å². The molecule has 2 heterocycles. The van der Waals surface area contributed by atoms with Gasteiger partial charge in [0.2, 0.25) is 11.8 Å². The molecule has 2 rings (SSSR count). The lowest BCUT2D eigenvalue weighted by Gasteiger charge is -2.44. The Morgan fingerprint density at radius 3 is 1.95 bits per heavy atom. The van der Waals surface area contributed by atoms with Gasteiger partial charge in [-0.15, -0.1) is 0 Å². The maximum Gasteiger partial charge on any atom is 0.307 e. The van der Waals surface area contributed by atoms with Gasteiger partial charge in [0.15, 0.2) is 5.79 Å². The predicted molar refractivity (Wildman–Crippen MR) is 172 cm³/mol. The fourth-order valence-corrected chi connectivity index (χ4v) is 6.09. The number of hydrogen-bond acceptors (Lipinski definition) is 6. The van der Waals surface area contributed by atoms with Gasteiger partial charge < -0.3 is 24.4 Å². The SMILES string of the molecule is CCCCCCCCCCCCCCCCCC(=O)N1CCC[C@H]1COC(=O)CCNC(=O)C1OC(C)(C)OCC1(C)C. The Morgan fingerprint density at radius 1 is 0.814 bits per heavy atom. The van der Waals surface area contributed by atoms with E-state index in [1.807, 2.05) is 18.7 Å². The summed E-state index contributed by atoms with van der Waals surface area (Å²) in [6, 6.07) is -0.0407. The van der Waals surface area contributed by atoms with Crippen molar-refractivity contribution < 1.29 is 28.6 Å². The largest absolute Gasteiger partial charge is 0.463 e. The summed E-state index contributed by atoms with van der Waals surface area (Å²) >= 11 is 0. The predicted octanol–water partition coefficient (Wildman–Crippen LogP) is 7.47. The number of nitrogens with one attached hydrogen (secondary N) is 1. The highest BCUT2D eigenvalue weighted by Gasteiger charge is 2.45. The second-order valence-electron chi connectivity index (χ2n) is 14.0. The Hall–Kier alpha value is -1.67. The fraction of sp³-hybridized carbons (Fsp3) is 0.914. The van der Waals surface area contributed by atoms with E-state index >= 15 is 0 Å². The molecule has 2 amide bonds. The van der Waals surface area contributed by atoms with Gasteiger partial charge >= 0.3 is 5.97 Å². The molecular formula is C35H64N2O6. The summed E-state index contributed by atoms with van der Waals surface area (Å²) in [5.74, 6) is -1.26. The van der Waals surface area contributed by atoms with Crippen molar-refractivity contribution >= 4 is 17.8 Å². The van der Waals surface area contributed by atoms with Crippen LogP contribution in [0, 0.1) is 5.41 Å². The molecule has 0 aromatic heterocycles. The number of unbranched alkanes of at least 4 members (excludes halogenated alkanes) is 14. The molecule has 43 heavy (non-hydrogen) atoms. The van der Waals surface area contributed by atoms with Crippen LogP contribution in [0.1, 0.15) is 157 Å². The van der Waals surface area contributed by atoms with Crippen LogP contribution in [0.15, 0.2) is 0 Å². The van der Waals surface area contributed by atoms with E-state index in [2.05, 4.69) is 12.2 Å². The molecule has 0 aliphatic carbocycles. The van der Waals surface area contributed by atoms with Crippen LogP contribution in [0.2, 0.25) is 0 Å². The monoisotopic (exact) mass is 608 g/mol. The Labute approximate surface area is 262 Å². The lowest BCUT2D eigenvalue weighted by Crippen LogP contribution is -2.56. The number of amides is 2. The van der Waals surface area contributed by atoms with Crippen LogP contribution in [0.25, 0.3) is 0 Å². The fourth-order valence-electron chi connectivity index (χ4n) is 6.09. The van der Waals surface area contributed by atoms with E-state index in [1.54, 1.807) is 13.8 Å². The molecule has 0 aromatic carbocycles. The highest BCUT2D eigenvalue weighted by atomic mass is 16.7. The number of esters is 1. The van der Waals surface area contributed by atoms with Crippen molar-refractivity contribution in [3.63, 3.8) is 0 Å². The number of carbonyl (C=O) groups excluding carboxylic acids is 3. The first kappa shape index (κ1) is 37.5. The average Bonchev–Trinajstić information content (AvgIpc) is 3.44. The lowest BCUT2D eigenvalue weighted by molar-refractivity contribution is -0.304. The molecule has 8 heteroatoms. The average molecular weight is 609 g/mol. The van der Waals surface area contributed by atoms with Crippen molar-refractivity contribution in [1.82, 2.24) is 10.2 Å². The number of likely N-dealkylation sites (tertiary alicyclic amines) is 1. The maximum atomic E-state index is 12.8. The zero-order valence-electron chi connectivity index (χ0n) is 28.3. The minimum absolute atomic E-state index is 0.0407. The molecule has 2 fully saturated rings. The molecule has 0 bridgehead atoms. The summed E-state index contributed by atoms with van der Waals surface area (Å²) in [6.07, 6.45) is 21.5. The van der Waals surface area contributed by atoms with E-state index in [0.29, 0.717) is 13.0 Å². The molecule has 2 aliphatic rings. The van der Waals surface area contributed by atoms with Crippen molar-refractivity contribution in [1.29, 1.82) is 0 Å². The lowest BCUT2D eigenvalue weighted by atomic mass is 9.85. The molecular weight excluding hydrogens is 544 g/mol. The Bertz CT molecular complexity index is 814. The third-order valence-corrected chi connectivity index (χ3v) is 8.90. The summed E-state index contributed by atoms with van der Waals surface area (Å²) in [6.45, 7) is 11.3. The Morgan fingerprint density at radius 2 is 1.37 bits per heavy atom. The van der Waals surface area contributed by atoms with E-state index in [1.165, 1.54) is 83.5 Å². The first-order chi connectivity index (χ1) is 20.6. The molecule has 0 radical (unpaired) electrons. The van der Waals surface area contributed by atoms with E-state index in [9.17, 15) is 14.4 Å². The summed E-state index contributed by atoms with van der Waals surface area (Å²) in [5, 5.41) is 2.81. The molecule has 2 atom stereocenters. The van der Waals surface area contributed by atoms with E-state index in [0.717, 1.165) is 32.2 Å². The normalized spacial score (nSPS) is 21.1. The van der Waals surface area contributed by atoms with E-state index in [4.69, 9.17) is 14.2 Å². The minimum Gasteiger partial charge on any atom is -0.463 e. The van der Waals surface area contributed by atoms with E-state index < -0.39 is 17.3 Å². The van der Waals surface area contributed by atoms with Gasteiger partial charge in [0, 0.05) is 24.9 Å². The Kier molecular flexibility index (Phi) is 17.8. The summed E-state index contributed by atoms with van der Waals surface area (Å²) in [7, 11) is 0. The molecule has 1 N–H and O–H groups in total. The van der Waals surface area contributed by atoms with Gasteiger partial charge in [0.25, 0.3) is 0 Å². The molecule has 2 aliphatic heterocycles. The van der Waals surface area contributed by atoms with Crippen molar-refractivity contribution in [2.75, 3.05) is 26.3 Å². The highest BCUT2D eigenvalue weighted by Crippen LogP contribution is 2.34. The quantitative estimate of drug-likeness (QED) is 0.101. The first-order valence-corrected chi connectivity index (χ1v) is 17.6. The number of nitrogens with zero attached hydrogens (tertiary/aromatic N) is 1. The first-order valence-electron chi connectivity index (χ1n) is 17.6. The molecule has 2 saturated heterocycles. The molecule has 0 aromatic rings. The van der Waals surface area contributed by atoms with Crippen LogP contribution < -0.4 is 5.32 Å². The zero-order valence-corrected chi connectivity index (χ0v) is 28.3. The van der Waals surface area contributed by atoms with Gasteiger partial charge in [0.1, 0.15) is 12.7 Å².